The highest BCUT2D eigenvalue weighted by atomic mass is 35.5. The Balaban J connectivity index is 1.82. The first-order valence-corrected chi connectivity index (χ1v) is 9.25. The van der Waals surface area contributed by atoms with Crippen molar-refractivity contribution in [3.8, 4) is 11.4 Å². The lowest BCUT2D eigenvalue weighted by Crippen LogP contribution is -2.32. The fourth-order valence-electron chi connectivity index (χ4n) is 2.89. The molecule has 2 aromatic carbocycles. The molecule has 1 unspecified atom stereocenters. The number of rotatable bonds is 5. The fourth-order valence-corrected chi connectivity index (χ4v) is 3.00. The van der Waals surface area contributed by atoms with Gasteiger partial charge in [-0.15, -0.1) is 0 Å². The molecule has 1 aromatic heterocycles. The number of ether oxygens (including phenoxy) is 1. The summed E-state index contributed by atoms with van der Waals surface area (Å²) in [5.74, 6) is 0.134. The normalized spacial score (nSPS) is 11.9. The van der Waals surface area contributed by atoms with E-state index in [-0.39, 0.29) is 11.2 Å². The van der Waals surface area contributed by atoms with Gasteiger partial charge in [0, 0.05) is 12.1 Å². The highest BCUT2D eigenvalue weighted by molar-refractivity contribution is 6.31. The van der Waals surface area contributed by atoms with Crippen molar-refractivity contribution in [3.05, 3.63) is 75.2 Å². The van der Waals surface area contributed by atoms with Gasteiger partial charge in [0.05, 0.1) is 11.4 Å². The van der Waals surface area contributed by atoms with Gasteiger partial charge in [0.1, 0.15) is 11.4 Å². The van der Waals surface area contributed by atoms with Crippen molar-refractivity contribution in [1.82, 2.24) is 9.36 Å². The minimum Gasteiger partial charge on any atom is -0.481 e. The smallest absolute Gasteiger partial charge is 0.295 e. The Kier molecular flexibility index (Phi) is 5.61. The van der Waals surface area contributed by atoms with Crippen molar-refractivity contribution in [2.75, 3.05) is 5.32 Å². The van der Waals surface area contributed by atoms with Gasteiger partial charge in [-0.3, -0.25) is 14.3 Å². The molecule has 1 atom stereocenters. The van der Waals surface area contributed by atoms with E-state index in [1.54, 1.807) is 43.8 Å². The van der Waals surface area contributed by atoms with Crippen molar-refractivity contribution in [2.45, 2.75) is 26.9 Å². The van der Waals surface area contributed by atoms with Crippen LogP contribution >= 0.6 is 11.6 Å². The lowest BCUT2D eigenvalue weighted by molar-refractivity contribution is -0.122. The number of hydrogen-bond acceptors (Lipinski definition) is 3. The van der Waals surface area contributed by atoms with Crippen LogP contribution in [0.4, 0.5) is 5.69 Å². The zero-order chi connectivity index (χ0) is 20.4. The summed E-state index contributed by atoms with van der Waals surface area (Å²) in [5.41, 5.74) is 2.17. The Bertz CT molecular complexity index is 1070. The topological polar surface area (TPSA) is 65.3 Å². The molecule has 0 bridgehead atoms. The summed E-state index contributed by atoms with van der Waals surface area (Å²) < 4.78 is 8.92. The van der Waals surface area contributed by atoms with Gasteiger partial charge >= 0.3 is 0 Å². The van der Waals surface area contributed by atoms with Gasteiger partial charge in [0.15, 0.2) is 6.10 Å². The second-order valence-corrected chi connectivity index (χ2v) is 7.00. The summed E-state index contributed by atoms with van der Waals surface area (Å²) in [5, 5.41) is 3.34. The summed E-state index contributed by atoms with van der Waals surface area (Å²) in [4.78, 5) is 25.5. The number of nitrogens with one attached hydrogen (secondary N) is 1. The van der Waals surface area contributed by atoms with E-state index >= 15 is 0 Å². The number of benzene rings is 2. The number of para-hydroxylation sites is 1. The lowest BCUT2D eigenvalue weighted by atomic mass is 10.2. The number of aromatic nitrogens is 2. The van der Waals surface area contributed by atoms with E-state index in [2.05, 4.69) is 5.32 Å². The number of amides is 1. The molecule has 1 heterocycles. The average Bonchev–Trinajstić information content (AvgIpc) is 2.88. The van der Waals surface area contributed by atoms with E-state index in [1.807, 2.05) is 37.3 Å². The predicted octanol–water partition coefficient (Wildman–Crippen LogP) is 3.85. The van der Waals surface area contributed by atoms with Crippen LogP contribution in [0.1, 0.15) is 18.2 Å². The second-order valence-electron chi connectivity index (χ2n) is 6.60. The van der Waals surface area contributed by atoms with E-state index in [0.717, 1.165) is 11.3 Å². The van der Waals surface area contributed by atoms with Crippen LogP contribution in [0.3, 0.4) is 0 Å². The number of hydrogen-bond donors (Lipinski definition) is 1. The van der Waals surface area contributed by atoms with Crippen LogP contribution in [0.15, 0.2) is 53.3 Å². The molecule has 0 saturated heterocycles. The standard InChI is InChI=1S/C21H22ClN3O3/c1-13-12-17(10-11-18(13)22)28-15(3)20(26)23-19-14(2)24(4)25(21(19)27)16-8-6-5-7-9-16/h5-12,15H,1-4H3,(H,23,26). The summed E-state index contributed by atoms with van der Waals surface area (Å²) in [6.45, 7) is 5.27. The minimum atomic E-state index is -0.787. The highest BCUT2D eigenvalue weighted by Crippen LogP contribution is 2.22. The molecule has 7 heteroatoms. The molecule has 1 amide bonds. The van der Waals surface area contributed by atoms with E-state index in [4.69, 9.17) is 16.3 Å². The number of carbonyl (C=O) groups excluding carboxylic acids is 1. The maximum Gasteiger partial charge on any atom is 0.295 e. The van der Waals surface area contributed by atoms with Crippen LogP contribution in [-0.2, 0) is 11.8 Å². The van der Waals surface area contributed by atoms with Gasteiger partial charge in [0.2, 0.25) is 0 Å². The van der Waals surface area contributed by atoms with Crippen LogP contribution in [-0.4, -0.2) is 21.4 Å². The minimum absolute atomic E-state index is 0.235. The van der Waals surface area contributed by atoms with Gasteiger partial charge in [-0.05, 0) is 56.7 Å². The van der Waals surface area contributed by atoms with Crippen molar-refractivity contribution in [2.24, 2.45) is 7.05 Å². The Labute approximate surface area is 168 Å². The van der Waals surface area contributed by atoms with E-state index in [1.165, 1.54) is 4.68 Å². The third-order valence-corrected chi connectivity index (χ3v) is 5.04. The number of aryl methyl sites for hydroxylation is 1. The summed E-state index contributed by atoms with van der Waals surface area (Å²) >= 11 is 6.02. The van der Waals surface area contributed by atoms with Gasteiger partial charge in [-0.1, -0.05) is 29.8 Å². The fraction of sp³-hybridized carbons (Fsp3) is 0.238. The van der Waals surface area contributed by atoms with E-state index in [0.29, 0.717) is 16.5 Å². The van der Waals surface area contributed by atoms with Crippen LogP contribution in [0, 0.1) is 13.8 Å². The van der Waals surface area contributed by atoms with Crippen LogP contribution < -0.4 is 15.6 Å². The monoisotopic (exact) mass is 399 g/mol. The second kappa shape index (κ2) is 7.94. The van der Waals surface area contributed by atoms with Crippen LogP contribution in [0.25, 0.3) is 5.69 Å². The molecule has 0 radical (unpaired) electrons. The zero-order valence-corrected chi connectivity index (χ0v) is 16.9. The summed E-state index contributed by atoms with van der Waals surface area (Å²) in [6.07, 6.45) is -0.787. The first-order valence-electron chi connectivity index (χ1n) is 8.87. The predicted molar refractivity (Wildman–Crippen MR) is 111 cm³/mol. The molecule has 146 valence electrons. The van der Waals surface area contributed by atoms with Crippen molar-refractivity contribution < 1.29 is 9.53 Å². The van der Waals surface area contributed by atoms with Crippen molar-refractivity contribution in [1.29, 1.82) is 0 Å². The maximum atomic E-state index is 12.9. The first-order chi connectivity index (χ1) is 13.3. The molecule has 0 aliphatic heterocycles. The Morgan fingerprint density at radius 1 is 1.14 bits per heavy atom. The largest absolute Gasteiger partial charge is 0.481 e. The molecule has 6 nitrogen and oxygen atoms in total. The van der Waals surface area contributed by atoms with Crippen LogP contribution in [0.2, 0.25) is 5.02 Å². The van der Waals surface area contributed by atoms with Crippen molar-refractivity contribution >= 4 is 23.2 Å². The zero-order valence-electron chi connectivity index (χ0n) is 16.2. The van der Waals surface area contributed by atoms with Gasteiger partial charge in [0.25, 0.3) is 11.5 Å². The summed E-state index contributed by atoms with van der Waals surface area (Å²) in [6, 6.07) is 14.4. The molecule has 0 aliphatic rings. The lowest BCUT2D eigenvalue weighted by Gasteiger charge is -2.15. The van der Waals surface area contributed by atoms with E-state index in [9.17, 15) is 9.59 Å². The summed E-state index contributed by atoms with van der Waals surface area (Å²) in [7, 11) is 1.77. The van der Waals surface area contributed by atoms with Gasteiger partial charge < -0.3 is 10.1 Å². The van der Waals surface area contributed by atoms with Gasteiger partial charge in [-0.25, -0.2) is 4.68 Å². The molecule has 3 rings (SSSR count). The molecule has 0 spiro atoms. The van der Waals surface area contributed by atoms with Gasteiger partial charge in [-0.2, -0.15) is 0 Å². The third-order valence-electron chi connectivity index (χ3n) is 4.61. The maximum absolute atomic E-state index is 12.9. The van der Waals surface area contributed by atoms with Crippen molar-refractivity contribution in [3.63, 3.8) is 0 Å². The molecular weight excluding hydrogens is 378 g/mol. The SMILES string of the molecule is Cc1cc(OC(C)C(=O)Nc2c(C)n(C)n(-c3ccccc3)c2=O)ccc1Cl. The molecule has 3 aromatic rings. The molecular formula is C21H22ClN3O3. The first kappa shape index (κ1) is 19.8. The molecule has 1 N–H and O–H groups in total. The Morgan fingerprint density at radius 3 is 2.46 bits per heavy atom. The van der Waals surface area contributed by atoms with E-state index < -0.39 is 12.0 Å². The molecule has 0 aliphatic carbocycles. The molecule has 28 heavy (non-hydrogen) atoms. The quantitative estimate of drug-likeness (QED) is 0.708. The van der Waals surface area contributed by atoms with Crippen LogP contribution in [0.5, 0.6) is 5.75 Å². The molecule has 0 saturated carbocycles. The number of anilines is 1. The Morgan fingerprint density at radius 2 is 1.82 bits per heavy atom. The third kappa shape index (κ3) is 3.82. The number of carbonyl (C=O) groups is 1. The number of nitrogens with zero attached hydrogens (tertiary/aromatic N) is 2. The average molecular weight is 400 g/mol. The molecule has 0 fully saturated rings. The number of halogens is 1. The Hall–Kier alpha value is -2.99. The highest BCUT2D eigenvalue weighted by Gasteiger charge is 2.22.